The van der Waals surface area contributed by atoms with Crippen LogP contribution in [0.4, 0.5) is 5.69 Å². The van der Waals surface area contributed by atoms with Crippen LogP contribution in [0.5, 0.6) is 0 Å². The first kappa shape index (κ1) is 18.1. The summed E-state index contributed by atoms with van der Waals surface area (Å²) in [7, 11) is -3.56. The molecule has 5 nitrogen and oxygen atoms in total. The van der Waals surface area contributed by atoms with Crippen molar-refractivity contribution in [2.75, 3.05) is 18.4 Å². The van der Waals surface area contributed by atoms with Gasteiger partial charge in [-0.15, -0.1) is 0 Å². The summed E-state index contributed by atoms with van der Waals surface area (Å²) in [5.41, 5.74) is 0.705. The lowest BCUT2D eigenvalue weighted by Crippen LogP contribution is -2.43. The molecule has 0 aliphatic carbocycles. The predicted molar refractivity (Wildman–Crippen MR) is 101 cm³/mol. The second-order valence-electron chi connectivity index (χ2n) is 6.01. The molecule has 1 fully saturated rings. The topological polar surface area (TPSA) is 66.5 Å². The Hall–Kier alpha value is -1.70. The molecule has 1 aliphatic rings. The van der Waals surface area contributed by atoms with E-state index in [2.05, 4.69) is 21.2 Å². The summed E-state index contributed by atoms with van der Waals surface area (Å²) in [5.74, 6) is -0.494. The number of anilines is 1. The Bertz CT molecular complexity index is 838. The van der Waals surface area contributed by atoms with Gasteiger partial charge in [-0.05, 0) is 49.2 Å². The van der Waals surface area contributed by atoms with Crippen LogP contribution in [0.15, 0.2) is 64.0 Å². The van der Waals surface area contributed by atoms with Crippen molar-refractivity contribution in [1.29, 1.82) is 0 Å². The number of halogens is 1. The van der Waals surface area contributed by atoms with Crippen molar-refractivity contribution in [2.24, 2.45) is 5.92 Å². The van der Waals surface area contributed by atoms with E-state index < -0.39 is 10.0 Å². The van der Waals surface area contributed by atoms with E-state index in [0.29, 0.717) is 25.1 Å². The monoisotopic (exact) mass is 422 g/mol. The highest BCUT2D eigenvalue weighted by molar-refractivity contribution is 9.10. The van der Waals surface area contributed by atoms with Gasteiger partial charge in [-0.2, -0.15) is 4.31 Å². The first-order valence-corrected chi connectivity index (χ1v) is 10.3. The lowest BCUT2D eigenvalue weighted by molar-refractivity contribution is -0.120. The van der Waals surface area contributed by atoms with Gasteiger partial charge < -0.3 is 5.32 Å². The molecule has 132 valence electrons. The van der Waals surface area contributed by atoms with Crippen LogP contribution in [-0.2, 0) is 14.8 Å². The molecule has 0 spiro atoms. The maximum absolute atomic E-state index is 12.7. The maximum Gasteiger partial charge on any atom is 0.243 e. The van der Waals surface area contributed by atoms with Crippen molar-refractivity contribution >= 4 is 37.5 Å². The average molecular weight is 423 g/mol. The number of carbonyl (C=O) groups is 1. The van der Waals surface area contributed by atoms with Gasteiger partial charge in [-0.3, -0.25) is 4.79 Å². The zero-order valence-electron chi connectivity index (χ0n) is 13.6. The van der Waals surface area contributed by atoms with Gasteiger partial charge in [-0.25, -0.2) is 8.42 Å². The van der Waals surface area contributed by atoms with Crippen molar-refractivity contribution in [1.82, 2.24) is 4.31 Å². The van der Waals surface area contributed by atoms with Crippen LogP contribution >= 0.6 is 15.9 Å². The fourth-order valence-electron chi connectivity index (χ4n) is 2.89. The number of carbonyl (C=O) groups excluding carboxylic acids is 1. The third kappa shape index (κ3) is 4.29. The fourth-order valence-corrected chi connectivity index (χ4v) is 4.70. The number of hydrogen-bond donors (Lipinski definition) is 1. The number of nitrogens with zero attached hydrogens (tertiary/aromatic N) is 1. The quantitative estimate of drug-likeness (QED) is 0.819. The molecule has 3 rings (SSSR count). The Morgan fingerprint density at radius 3 is 2.44 bits per heavy atom. The van der Waals surface area contributed by atoms with Crippen LogP contribution in [0.3, 0.4) is 0 Å². The summed E-state index contributed by atoms with van der Waals surface area (Å²) in [5, 5.41) is 2.87. The minimum Gasteiger partial charge on any atom is -0.326 e. The van der Waals surface area contributed by atoms with E-state index in [1.807, 2.05) is 24.3 Å². The zero-order valence-corrected chi connectivity index (χ0v) is 16.0. The van der Waals surface area contributed by atoms with Gasteiger partial charge in [-0.1, -0.05) is 34.1 Å². The Balaban J connectivity index is 1.70. The molecule has 7 heteroatoms. The molecule has 0 bridgehead atoms. The van der Waals surface area contributed by atoms with Crippen LogP contribution in [0.25, 0.3) is 0 Å². The molecule has 2 aromatic rings. The molecule has 25 heavy (non-hydrogen) atoms. The van der Waals surface area contributed by atoms with Gasteiger partial charge in [0.1, 0.15) is 0 Å². The van der Waals surface area contributed by atoms with Gasteiger partial charge in [0.2, 0.25) is 15.9 Å². The summed E-state index contributed by atoms with van der Waals surface area (Å²) >= 11 is 3.35. The summed E-state index contributed by atoms with van der Waals surface area (Å²) in [6, 6.07) is 15.7. The predicted octanol–water partition coefficient (Wildman–Crippen LogP) is 3.49. The second kappa shape index (κ2) is 7.68. The third-order valence-electron chi connectivity index (χ3n) is 4.25. The standard InChI is InChI=1S/C18H19BrN2O3S/c19-15-8-10-16(11-9-15)20-18(22)14-5-4-12-21(13-14)25(23,24)17-6-2-1-3-7-17/h1-3,6-11,14H,4-5,12-13H2,(H,20,22). The summed E-state index contributed by atoms with van der Waals surface area (Å²) in [4.78, 5) is 12.8. The van der Waals surface area contributed by atoms with Crippen molar-refractivity contribution in [3.8, 4) is 0 Å². The molecule has 1 atom stereocenters. The van der Waals surface area contributed by atoms with Crippen LogP contribution in [0, 0.1) is 5.92 Å². The van der Waals surface area contributed by atoms with Crippen LogP contribution in [-0.4, -0.2) is 31.7 Å². The molecule has 1 aliphatic heterocycles. The first-order chi connectivity index (χ1) is 12.0. The smallest absolute Gasteiger partial charge is 0.243 e. The highest BCUT2D eigenvalue weighted by Crippen LogP contribution is 2.25. The van der Waals surface area contributed by atoms with Crippen molar-refractivity contribution in [3.05, 3.63) is 59.1 Å². The molecule has 1 amide bonds. The minimum absolute atomic E-state index is 0.143. The number of nitrogens with one attached hydrogen (secondary N) is 1. The normalized spacial score (nSPS) is 18.7. The largest absolute Gasteiger partial charge is 0.326 e. The number of amides is 1. The van der Waals surface area contributed by atoms with Gasteiger partial charge >= 0.3 is 0 Å². The average Bonchev–Trinajstić information content (AvgIpc) is 2.64. The van der Waals surface area contributed by atoms with E-state index in [9.17, 15) is 13.2 Å². The highest BCUT2D eigenvalue weighted by atomic mass is 79.9. The van der Waals surface area contributed by atoms with E-state index in [0.717, 1.165) is 4.47 Å². The maximum atomic E-state index is 12.7. The molecule has 1 saturated heterocycles. The lowest BCUT2D eigenvalue weighted by atomic mass is 9.99. The highest BCUT2D eigenvalue weighted by Gasteiger charge is 2.33. The van der Waals surface area contributed by atoms with Gasteiger partial charge in [0.05, 0.1) is 10.8 Å². The Kier molecular flexibility index (Phi) is 5.56. The SMILES string of the molecule is O=C(Nc1ccc(Br)cc1)C1CCCN(S(=O)(=O)c2ccccc2)C1. The third-order valence-corrected chi connectivity index (χ3v) is 6.66. The Morgan fingerprint density at radius 1 is 1.08 bits per heavy atom. The molecule has 2 aromatic carbocycles. The van der Waals surface area contributed by atoms with E-state index in [1.165, 1.54) is 4.31 Å². The minimum atomic E-state index is -3.56. The molecular formula is C18H19BrN2O3S. The van der Waals surface area contributed by atoms with E-state index in [-0.39, 0.29) is 23.3 Å². The second-order valence-corrected chi connectivity index (χ2v) is 8.87. The summed E-state index contributed by atoms with van der Waals surface area (Å²) in [6.45, 7) is 0.652. The molecule has 0 aromatic heterocycles. The van der Waals surface area contributed by atoms with Gasteiger partial charge in [0, 0.05) is 23.2 Å². The van der Waals surface area contributed by atoms with Crippen LogP contribution in [0.1, 0.15) is 12.8 Å². The lowest BCUT2D eigenvalue weighted by Gasteiger charge is -2.31. The Morgan fingerprint density at radius 2 is 1.76 bits per heavy atom. The number of piperidine rings is 1. The van der Waals surface area contributed by atoms with Crippen molar-refractivity contribution < 1.29 is 13.2 Å². The zero-order chi connectivity index (χ0) is 17.9. The molecular weight excluding hydrogens is 404 g/mol. The number of rotatable bonds is 4. The molecule has 1 heterocycles. The molecule has 1 N–H and O–H groups in total. The Labute approximate surface area is 156 Å². The summed E-state index contributed by atoms with van der Waals surface area (Å²) in [6.07, 6.45) is 1.35. The summed E-state index contributed by atoms with van der Waals surface area (Å²) < 4.78 is 27.8. The van der Waals surface area contributed by atoms with E-state index in [4.69, 9.17) is 0 Å². The fraction of sp³-hybridized carbons (Fsp3) is 0.278. The molecule has 1 unspecified atom stereocenters. The van der Waals surface area contributed by atoms with Gasteiger partial charge in [0.25, 0.3) is 0 Å². The number of hydrogen-bond acceptors (Lipinski definition) is 3. The molecule has 0 saturated carbocycles. The first-order valence-electron chi connectivity index (χ1n) is 8.08. The van der Waals surface area contributed by atoms with E-state index in [1.54, 1.807) is 30.3 Å². The van der Waals surface area contributed by atoms with Crippen molar-refractivity contribution in [2.45, 2.75) is 17.7 Å². The number of sulfonamides is 1. The van der Waals surface area contributed by atoms with Gasteiger partial charge in [0.15, 0.2) is 0 Å². The van der Waals surface area contributed by atoms with Crippen molar-refractivity contribution in [3.63, 3.8) is 0 Å². The molecule has 0 radical (unpaired) electrons. The van der Waals surface area contributed by atoms with Crippen LogP contribution in [0.2, 0.25) is 0 Å². The number of benzene rings is 2. The van der Waals surface area contributed by atoms with E-state index >= 15 is 0 Å². The van der Waals surface area contributed by atoms with Crippen LogP contribution < -0.4 is 5.32 Å².